The molecule has 0 spiro atoms. The first-order chi connectivity index (χ1) is 13.4. The minimum Gasteiger partial charge on any atom is -0.493 e. The van der Waals surface area contributed by atoms with Gasteiger partial charge < -0.3 is 14.8 Å². The van der Waals surface area contributed by atoms with Crippen molar-refractivity contribution < 1.29 is 19.1 Å². The molecule has 146 valence electrons. The second kappa shape index (κ2) is 6.82. The Morgan fingerprint density at radius 2 is 2.14 bits per heavy atom. The van der Waals surface area contributed by atoms with Crippen LogP contribution in [0.2, 0.25) is 0 Å². The van der Waals surface area contributed by atoms with Crippen LogP contribution in [0.5, 0.6) is 17.4 Å². The van der Waals surface area contributed by atoms with Crippen LogP contribution in [0.15, 0.2) is 36.5 Å². The molecule has 2 aliphatic heterocycles. The first-order valence-corrected chi connectivity index (χ1v) is 9.46. The van der Waals surface area contributed by atoms with Crippen LogP contribution in [0.4, 0.5) is 10.5 Å². The minimum absolute atomic E-state index is 0.279. The van der Waals surface area contributed by atoms with E-state index in [4.69, 9.17) is 9.47 Å². The van der Waals surface area contributed by atoms with Crippen LogP contribution in [0.1, 0.15) is 32.8 Å². The van der Waals surface area contributed by atoms with Crippen molar-refractivity contribution in [3.05, 3.63) is 42.1 Å². The van der Waals surface area contributed by atoms with E-state index < -0.39 is 11.6 Å². The van der Waals surface area contributed by atoms with Gasteiger partial charge in [0.2, 0.25) is 5.88 Å². The molecule has 0 saturated carbocycles. The number of rotatable bonds is 4. The summed E-state index contributed by atoms with van der Waals surface area (Å²) in [5, 5.41) is 2.74. The smallest absolute Gasteiger partial charge is 0.329 e. The minimum atomic E-state index is -0.883. The number of carbonyl (C=O) groups excluding carboxylic acids is 2. The molecule has 2 unspecified atom stereocenters. The van der Waals surface area contributed by atoms with Crippen molar-refractivity contribution in [2.45, 2.75) is 39.2 Å². The van der Waals surface area contributed by atoms with Gasteiger partial charge in [-0.05, 0) is 43.9 Å². The number of carbonyl (C=O) groups is 2. The van der Waals surface area contributed by atoms with Crippen molar-refractivity contribution in [3.8, 4) is 17.4 Å². The molecule has 2 aromatic rings. The maximum atomic E-state index is 12.6. The zero-order valence-electron chi connectivity index (χ0n) is 16.2. The van der Waals surface area contributed by atoms with Crippen LogP contribution in [-0.4, -0.2) is 29.1 Å². The highest BCUT2D eigenvalue weighted by Crippen LogP contribution is 2.36. The van der Waals surface area contributed by atoms with Crippen molar-refractivity contribution in [2.75, 3.05) is 11.5 Å². The van der Waals surface area contributed by atoms with E-state index in [2.05, 4.69) is 17.2 Å². The van der Waals surface area contributed by atoms with Crippen molar-refractivity contribution in [1.82, 2.24) is 10.3 Å². The van der Waals surface area contributed by atoms with Crippen LogP contribution in [-0.2, 0) is 11.2 Å². The normalized spacial score (nSPS) is 23.8. The lowest BCUT2D eigenvalue weighted by Gasteiger charge is -2.24. The summed E-state index contributed by atoms with van der Waals surface area (Å²) in [6.07, 6.45) is 2.87. The number of anilines is 1. The molecule has 7 nitrogen and oxygen atoms in total. The zero-order chi connectivity index (χ0) is 19.9. The zero-order valence-corrected chi connectivity index (χ0v) is 16.2. The highest BCUT2D eigenvalue weighted by molar-refractivity contribution is 6.23. The Bertz CT molecular complexity index is 928. The Hall–Kier alpha value is -3.09. The lowest BCUT2D eigenvalue weighted by atomic mass is 9.98. The highest BCUT2D eigenvalue weighted by atomic mass is 16.5. The van der Waals surface area contributed by atoms with Gasteiger partial charge in [-0.3, -0.25) is 4.79 Å². The molecule has 4 rings (SSSR count). The number of hydrogen-bond acceptors (Lipinski definition) is 5. The third-order valence-corrected chi connectivity index (χ3v) is 5.33. The van der Waals surface area contributed by atoms with Crippen LogP contribution < -0.4 is 19.7 Å². The van der Waals surface area contributed by atoms with E-state index in [0.29, 0.717) is 36.3 Å². The molecule has 7 heteroatoms. The summed E-state index contributed by atoms with van der Waals surface area (Å²) in [6.45, 7) is 6.42. The van der Waals surface area contributed by atoms with Gasteiger partial charge in [-0.2, -0.15) is 0 Å². The van der Waals surface area contributed by atoms with Gasteiger partial charge in [-0.1, -0.05) is 19.9 Å². The predicted octanol–water partition coefficient (Wildman–Crippen LogP) is 3.67. The van der Waals surface area contributed by atoms with Crippen molar-refractivity contribution in [2.24, 2.45) is 5.92 Å². The first-order valence-electron chi connectivity index (χ1n) is 9.46. The maximum Gasteiger partial charge on any atom is 0.329 e. The molecule has 3 amide bonds. The number of pyridine rings is 1. The van der Waals surface area contributed by atoms with E-state index in [1.54, 1.807) is 19.1 Å². The third-order valence-electron chi connectivity index (χ3n) is 5.33. The topological polar surface area (TPSA) is 80.8 Å². The molecule has 2 atom stereocenters. The van der Waals surface area contributed by atoms with Crippen molar-refractivity contribution in [3.63, 3.8) is 0 Å². The summed E-state index contributed by atoms with van der Waals surface area (Å²) in [4.78, 5) is 30.3. The lowest BCUT2D eigenvalue weighted by molar-refractivity contribution is -0.121. The molecular formula is C21H23N3O4. The van der Waals surface area contributed by atoms with E-state index in [0.717, 1.165) is 22.6 Å². The summed E-state index contributed by atoms with van der Waals surface area (Å²) in [5.41, 5.74) is 0.561. The van der Waals surface area contributed by atoms with E-state index in [1.165, 1.54) is 6.20 Å². The molecule has 1 N–H and O–H groups in total. The van der Waals surface area contributed by atoms with Gasteiger partial charge in [0.15, 0.2) is 0 Å². The van der Waals surface area contributed by atoms with Crippen LogP contribution in [0.3, 0.4) is 0 Å². The number of imide groups is 1. The van der Waals surface area contributed by atoms with E-state index in [1.807, 2.05) is 25.1 Å². The number of fused-ring (bicyclic) bond motifs is 1. The predicted molar refractivity (Wildman–Crippen MR) is 104 cm³/mol. The van der Waals surface area contributed by atoms with Gasteiger partial charge in [0.25, 0.3) is 5.91 Å². The van der Waals surface area contributed by atoms with Crippen molar-refractivity contribution in [1.29, 1.82) is 0 Å². The first kappa shape index (κ1) is 18.3. The van der Waals surface area contributed by atoms with Gasteiger partial charge in [0, 0.05) is 11.6 Å². The average Bonchev–Trinajstić information content (AvgIpc) is 2.92. The van der Waals surface area contributed by atoms with Gasteiger partial charge in [0.05, 0.1) is 18.5 Å². The van der Waals surface area contributed by atoms with Crippen LogP contribution >= 0.6 is 0 Å². The largest absolute Gasteiger partial charge is 0.493 e. The molecule has 0 bridgehead atoms. The molecule has 1 fully saturated rings. The van der Waals surface area contributed by atoms with E-state index in [9.17, 15) is 9.59 Å². The second-order valence-electron chi connectivity index (χ2n) is 7.57. The Kier molecular flexibility index (Phi) is 4.45. The highest BCUT2D eigenvalue weighted by Gasteiger charge is 2.47. The molecule has 1 aromatic heterocycles. The summed E-state index contributed by atoms with van der Waals surface area (Å²) >= 11 is 0. The quantitative estimate of drug-likeness (QED) is 0.818. The number of benzene rings is 1. The Labute approximate surface area is 163 Å². The van der Waals surface area contributed by atoms with E-state index >= 15 is 0 Å². The fourth-order valence-electron chi connectivity index (χ4n) is 3.45. The SMILES string of the molecule is CCC1(C)NC(=O)N(c2ccc(Oc3cccc4c3CC(C)CO4)nc2)C1=O. The van der Waals surface area contributed by atoms with Crippen LogP contribution in [0.25, 0.3) is 0 Å². The summed E-state index contributed by atoms with van der Waals surface area (Å²) in [5.74, 6) is 2.07. The number of ether oxygens (including phenoxy) is 2. The number of aromatic nitrogens is 1. The Balaban J connectivity index is 1.56. The molecule has 1 saturated heterocycles. The Morgan fingerprint density at radius 1 is 1.32 bits per heavy atom. The molecule has 2 aliphatic rings. The molecule has 0 radical (unpaired) electrons. The van der Waals surface area contributed by atoms with Gasteiger partial charge >= 0.3 is 6.03 Å². The fourth-order valence-corrected chi connectivity index (χ4v) is 3.45. The molecule has 1 aromatic carbocycles. The monoisotopic (exact) mass is 381 g/mol. The van der Waals surface area contributed by atoms with Crippen molar-refractivity contribution >= 4 is 17.6 Å². The molecule has 28 heavy (non-hydrogen) atoms. The maximum absolute atomic E-state index is 12.6. The lowest BCUT2D eigenvalue weighted by Crippen LogP contribution is -2.43. The molecular weight excluding hydrogens is 358 g/mol. The molecule has 3 heterocycles. The van der Waals surface area contributed by atoms with E-state index in [-0.39, 0.29) is 5.91 Å². The van der Waals surface area contributed by atoms with Gasteiger partial charge in [-0.15, -0.1) is 0 Å². The Morgan fingerprint density at radius 3 is 2.82 bits per heavy atom. The second-order valence-corrected chi connectivity index (χ2v) is 7.57. The standard InChI is InChI=1S/C21H23N3O4/c1-4-21(3)19(25)24(20(26)23-21)14-8-9-18(22-11-14)28-17-7-5-6-16-15(17)10-13(2)12-27-16/h5-9,11,13H,4,10,12H2,1-3H3,(H,23,26). The number of nitrogens with zero attached hydrogens (tertiary/aromatic N) is 2. The summed E-state index contributed by atoms with van der Waals surface area (Å²) in [7, 11) is 0. The number of nitrogens with one attached hydrogen (secondary N) is 1. The molecule has 0 aliphatic carbocycles. The fraction of sp³-hybridized carbons (Fsp3) is 0.381. The third kappa shape index (κ3) is 3.06. The number of amides is 3. The number of hydrogen-bond donors (Lipinski definition) is 1. The summed E-state index contributed by atoms with van der Waals surface area (Å²) < 4.78 is 11.7. The van der Waals surface area contributed by atoms with Crippen LogP contribution in [0, 0.1) is 5.92 Å². The summed E-state index contributed by atoms with van der Waals surface area (Å²) in [6, 6.07) is 8.59. The van der Waals surface area contributed by atoms with Gasteiger partial charge in [0.1, 0.15) is 17.0 Å². The number of urea groups is 1. The average molecular weight is 381 g/mol. The van der Waals surface area contributed by atoms with Gasteiger partial charge in [-0.25, -0.2) is 14.7 Å².